The molecule has 2 aromatic rings. The quantitative estimate of drug-likeness (QED) is 0.808. The van der Waals surface area contributed by atoms with Gasteiger partial charge in [-0.3, -0.25) is 4.79 Å². The molecular weight excluding hydrogens is 354 g/mol. The van der Waals surface area contributed by atoms with Gasteiger partial charge in [0.1, 0.15) is 6.61 Å². The number of benzene rings is 2. The first-order valence-corrected chi connectivity index (χ1v) is 9.34. The van der Waals surface area contributed by atoms with E-state index in [0.29, 0.717) is 31.5 Å². The van der Waals surface area contributed by atoms with Crippen LogP contribution in [0.3, 0.4) is 0 Å². The summed E-state index contributed by atoms with van der Waals surface area (Å²) in [5, 5.41) is 9.54. The van der Waals surface area contributed by atoms with E-state index in [-0.39, 0.29) is 18.6 Å². The van der Waals surface area contributed by atoms with Gasteiger partial charge in [-0.25, -0.2) is 4.79 Å². The number of hydrogen-bond acceptors (Lipinski definition) is 4. The Morgan fingerprint density at radius 3 is 2.54 bits per heavy atom. The first-order valence-electron chi connectivity index (χ1n) is 9.34. The second-order valence-corrected chi connectivity index (χ2v) is 7.29. The maximum Gasteiger partial charge on any atom is 0.410 e. The van der Waals surface area contributed by atoms with Crippen LogP contribution >= 0.6 is 0 Å². The number of fused-ring (bicyclic) bond motifs is 2. The number of likely N-dealkylation sites (N-methyl/N-ethyl adjacent to an activating group) is 1. The maximum atomic E-state index is 13.1. The smallest absolute Gasteiger partial charge is 0.410 e. The van der Waals surface area contributed by atoms with E-state index >= 15 is 0 Å². The van der Waals surface area contributed by atoms with Crippen LogP contribution in [0.4, 0.5) is 10.5 Å². The monoisotopic (exact) mass is 375 g/mol. The van der Waals surface area contributed by atoms with E-state index in [9.17, 15) is 14.9 Å². The van der Waals surface area contributed by atoms with Gasteiger partial charge in [0.2, 0.25) is 5.91 Å². The van der Waals surface area contributed by atoms with Crippen molar-refractivity contribution in [2.24, 2.45) is 0 Å². The van der Waals surface area contributed by atoms with E-state index in [0.717, 1.165) is 16.8 Å². The molecule has 142 valence electrons. The first kappa shape index (κ1) is 18.1. The molecule has 1 fully saturated rings. The molecule has 1 saturated heterocycles. The van der Waals surface area contributed by atoms with Gasteiger partial charge in [0.05, 0.1) is 17.0 Å². The van der Waals surface area contributed by atoms with E-state index in [1.165, 1.54) is 0 Å². The number of amides is 2. The number of rotatable bonds is 2. The van der Waals surface area contributed by atoms with Crippen molar-refractivity contribution in [1.29, 1.82) is 5.26 Å². The van der Waals surface area contributed by atoms with Gasteiger partial charge in [0.25, 0.3) is 0 Å². The normalized spacial score (nSPS) is 17.4. The van der Waals surface area contributed by atoms with Gasteiger partial charge in [-0.15, -0.1) is 0 Å². The van der Waals surface area contributed by atoms with Crippen LogP contribution in [0.25, 0.3) is 0 Å². The number of carbonyl (C=O) groups excluding carboxylic acids is 2. The topological polar surface area (TPSA) is 73.6 Å². The number of piperidine rings is 1. The van der Waals surface area contributed by atoms with Gasteiger partial charge in [0.15, 0.2) is 0 Å². The zero-order valence-electron chi connectivity index (χ0n) is 15.7. The third kappa shape index (κ3) is 2.80. The molecule has 1 spiro atoms. The zero-order valence-corrected chi connectivity index (χ0v) is 15.7. The highest BCUT2D eigenvalue weighted by atomic mass is 16.6. The van der Waals surface area contributed by atoms with Crippen molar-refractivity contribution in [3.63, 3.8) is 0 Å². The van der Waals surface area contributed by atoms with Crippen molar-refractivity contribution >= 4 is 17.7 Å². The van der Waals surface area contributed by atoms with Gasteiger partial charge < -0.3 is 14.5 Å². The summed E-state index contributed by atoms with van der Waals surface area (Å²) in [7, 11) is 1.75. The van der Waals surface area contributed by atoms with E-state index in [4.69, 9.17) is 4.74 Å². The summed E-state index contributed by atoms with van der Waals surface area (Å²) in [4.78, 5) is 28.8. The Kier molecular flexibility index (Phi) is 4.52. The van der Waals surface area contributed by atoms with Crippen molar-refractivity contribution in [2.75, 3.05) is 25.0 Å². The van der Waals surface area contributed by atoms with Crippen LogP contribution in [-0.4, -0.2) is 37.0 Å². The molecule has 0 bridgehead atoms. The van der Waals surface area contributed by atoms with E-state index in [1.807, 2.05) is 36.4 Å². The SMILES string of the molecule is CN1C(=O)C2(CCN(C(=O)OCc3ccccc3)CC2)c2c(C#N)cccc21. The average molecular weight is 375 g/mol. The number of nitriles is 1. The second-order valence-electron chi connectivity index (χ2n) is 7.29. The van der Waals surface area contributed by atoms with Crippen LogP contribution in [0, 0.1) is 11.3 Å². The summed E-state index contributed by atoms with van der Waals surface area (Å²) in [6.07, 6.45) is 0.608. The third-order valence-electron chi connectivity index (χ3n) is 5.80. The van der Waals surface area contributed by atoms with Crippen LogP contribution in [-0.2, 0) is 21.6 Å². The molecule has 2 aromatic carbocycles. The van der Waals surface area contributed by atoms with Gasteiger partial charge in [-0.1, -0.05) is 36.4 Å². The Balaban J connectivity index is 1.49. The van der Waals surface area contributed by atoms with Crippen molar-refractivity contribution in [3.8, 4) is 6.07 Å². The van der Waals surface area contributed by atoms with Crippen molar-refractivity contribution in [3.05, 3.63) is 65.2 Å². The van der Waals surface area contributed by atoms with E-state index in [2.05, 4.69) is 6.07 Å². The van der Waals surface area contributed by atoms with Crippen LogP contribution in [0.5, 0.6) is 0 Å². The average Bonchev–Trinajstić information content (AvgIpc) is 2.95. The highest BCUT2D eigenvalue weighted by Gasteiger charge is 2.52. The summed E-state index contributed by atoms with van der Waals surface area (Å²) in [5.74, 6) is 0.00232. The summed E-state index contributed by atoms with van der Waals surface area (Å²) < 4.78 is 5.42. The zero-order chi connectivity index (χ0) is 19.7. The lowest BCUT2D eigenvalue weighted by atomic mass is 9.72. The molecule has 2 amide bonds. The number of hydrogen-bond donors (Lipinski definition) is 0. The predicted molar refractivity (Wildman–Crippen MR) is 104 cm³/mol. The van der Waals surface area contributed by atoms with Crippen LogP contribution in [0.15, 0.2) is 48.5 Å². The molecule has 2 aliphatic rings. The lowest BCUT2D eigenvalue weighted by molar-refractivity contribution is -0.124. The lowest BCUT2D eigenvalue weighted by Crippen LogP contribution is -2.49. The fraction of sp³-hybridized carbons (Fsp3) is 0.318. The molecule has 0 saturated carbocycles. The van der Waals surface area contributed by atoms with Crippen molar-refractivity contribution < 1.29 is 14.3 Å². The van der Waals surface area contributed by atoms with Gasteiger partial charge in [-0.05, 0) is 30.5 Å². The Hall–Kier alpha value is -3.33. The molecule has 0 aromatic heterocycles. The van der Waals surface area contributed by atoms with Crippen LogP contribution in [0.1, 0.15) is 29.5 Å². The molecule has 6 heteroatoms. The standard InChI is InChI=1S/C22H21N3O3/c1-24-18-9-5-8-17(14-23)19(18)22(20(24)26)10-12-25(13-11-22)21(27)28-15-16-6-3-2-4-7-16/h2-9H,10-13,15H2,1H3. The molecule has 0 aliphatic carbocycles. The Labute approximate surface area is 163 Å². The molecule has 0 radical (unpaired) electrons. The minimum absolute atomic E-state index is 0.00232. The molecule has 4 rings (SSSR count). The van der Waals surface area contributed by atoms with Crippen LogP contribution in [0.2, 0.25) is 0 Å². The third-order valence-corrected chi connectivity index (χ3v) is 5.80. The van der Waals surface area contributed by atoms with E-state index in [1.54, 1.807) is 29.0 Å². The highest BCUT2D eigenvalue weighted by molar-refractivity contribution is 6.08. The molecule has 28 heavy (non-hydrogen) atoms. The molecule has 0 N–H and O–H groups in total. The number of anilines is 1. The highest BCUT2D eigenvalue weighted by Crippen LogP contribution is 2.48. The molecule has 0 unspecified atom stereocenters. The van der Waals surface area contributed by atoms with Crippen molar-refractivity contribution in [2.45, 2.75) is 24.9 Å². The predicted octanol–water partition coefficient (Wildman–Crippen LogP) is 3.21. The Morgan fingerprint density at radius 1 is 1.14 bits per heavy atom. The van der Waals surface area contributed by atoms with Crippen LogP contribution < -0.4 is 4.90 Å². The Bertz CT molecular complexity index is 957. The maximum absolute atomic E-state index is 13.1. The molecular formula is C22H21N3O3. The first-order chi connectivity index (χ1) is 13.6. The number of carbonyl (C=O) groups is 2. The van der Waals surface area contributed by atoms with Crippen molar-refractivity contribution in [1.82, 2.24) is 4.90 Å². The number of likely N-dealkylation sites (tertiary alicyclic amines) is 1. The lowest BCUT2D eigenvalue weighted by Gasteiger charge is -2.38. The summed E-state index contributed by atoms with van der Waals surface area (Å²) in [5.41, 5.74) is 2.35. The van der Waals surface area contributed by atoms with E-state index < -0.39 is 5.41 Å². The fourth-order valence-corrected chi connectivity index (χ4v) is 4.30. The molecule has 2 heterocycles. The van der Waals surface area contributed by atoms with Gasteiger partial charge in [-0.2, -0.15) is 5.26 Å². The number of ether oxygens (including phenoxy) is 1. The Morgan fingerprint density at radius 2 is 1.86 bits per heavy atom. The summed E-state index contributed by atoms with van der Waals surface area (Å²) in [6.45, 7) is 1.07. The summed E-state index contributed by atoms with van der Waals surface area (Å²) in [6, 6.07) is 17.2. The minimum Gasteiger partial charge on any atom is -0.445 e. The molecule has 0 atom stereocenters. The number of nitrogens with zero attached hydrogens (tertiary/aromatic N) is 3. The fourth-order valence-electron chi connectivity index (χ4n) is 4.30. The molecule has 2 aliphatic heterocycles. The van der Waals surface area contributed by atoms with Gasteiger partial charge in [0, 0.05) is 31.4 Å². The largest absolute Gasteiger partial charge is 0.445 e. The van der Waals surface area contributed by atoms with Gasteiger partial charge >= 0.3 is 6.09 Å². The second kappa shape index (κ2) is 7.01. The summed E-state index contributed by atoms with van der Waals surface area (Å²) >= 11 is 0. The molecule has 6 nitrogen and oxygen atoms in total. The minimum atomic E-state index is -0.730.